The number of fused-ring (bicyclic) bond motifs is 1. The van der Waals surface area contributed by atoms with Gasteiger partial charge in [0.25, 0.3) is 0 Å². The van der Waals surface area contributed by atoms with Crippen molar-refractivity contribution < 1.29 is 14.3 Å². The van der Waals surface area contributed by atoms with Crippen molar-refractivity contribution in [2.45, 2.75) is 84.6 Å². The third-order valence-electron chi connectivity index (χ3n) is 10.1. The number of benzene rings is 1. The first kappa shape index (κ1) is 31.8. The number of halogens is 1. The Balaban J connectivity index is 1.18. The van der Waals surface area contributed by atoms with Crippen molar-refractivity contribution in [1.82, 2.24) is 39.2 Å². The molecule has 256 valence electrons. The Hall–Kier alpha value is -4.42. The van der Waals surface area contributed by atoms with Crippen LogP contribution in [0, 0.1) is 19.3 Å². The van der Waals surface area contributed by atoms with Gasteiger partial charge in [0.2, 0.25) is 0 Å². The number of nitrogens with zero attached hydrogens (tertiary/aromatic N) is 8. The average Bonchev–Trinajstić information content (AvgIpc) is 3.74. The normalized spacial score (nSPS) is 19.3. The summed E-state index contributed by atoms with van der Waals surface area (Å²) in [7, 11) is 0. The van der Waals surface area contributed by atoms with Crippen molar-refractivity contribution in [3.05, 3.63) is 59.1 Å². The zero-order chi connectivity index (χ0) is 34.2. The Kier molecular flexibility index (Phi) is 7.52. The van der Waals surface area contributed by atoms with Crippen LogP contribution in [0.25, 0.3) is 39.1 Å². The van der Waals surface area contributed by atoms with Gasteiger partial charge in [-0.05, 0) is 90.5 Å². The summed E-state index contributed by atoms with van der Waals surface area (Å²) < 4.78 is 17.6. The molecule has 12 nitrogen and oxygen atoms in total. The van der Waals surface area contributed by atoms with E-state index in [4.69, 9.17) is 42.0 Å². The second kappa shape index (κ2) is 11.6. The third-order valence-corrected chi connectivity index (χ3v) is 10.6. The molecule has 1 atom stereocenters. The van der Waals surface area contributed by atoms with Crippen LogP contribution in [0.5, 0.6) is 0 Å². The molecule has 1 spiro atoms. The first-order valence-electron chi connectivity index (χ1n) is 17.0. The minimum Gasteiger partial charge on any atom is -0.444 e. The van der Waals surface area contributed by atoms with Gasteiger partial charge in [0, 0.05) is 71.3 Å². The maximum absolute atomic E-state index is 12.7. The van der Waals surface area contributed by atoms with Crippen molar-refractivity contribution in [1.29, 1.82) is 0 Å². The van der Waals surface area contributed by atoms with E-state index in [1.807, 2.05) is 61.8 Å². The molecule has 3 fully saturated rings. The predicted octanol–water partition coefficient (Wildman–Crippen LogP) is 7.27. The van der Waals surface area contributed by atoms with E-state index in [0.29, 0.717) is 29.7 Å². The van der Waals surface area contributed by atoms with Crippen molar-refractivity contribution >= 4 is 34.4 Å². The smallest absolute Gasteiger partial charge is 0.410 e. The molecule has 49 heavy (non-hydrogen) atoms. The number of nitrogens with two attached hydrogens (primary N) is 1. The summed E-state index contributed by atoms with van der Waals surface area (Å²) >= 11 is 7.25. The van der Waals surface area contributed by atoms with E-state index in [2.05, 4.69) is 22.8 Å². The number of carbonyl (C=O) groups is 1. The van der Waals surface area contributed by atoms with Crippen LogP contribution in [0.4, 0.5) is 10.6 Å². The molecule has 13 heteroatoms. The van der Waals surface area contributed by atoms with E-state index < -0.39 is 5.60 Å². The van der Waals surface area contributed by atoms with Gasteiger partial charge in [-0.25, -0.2) is 19.1 Å². The van der Waals surface area contributed by atoms with E-state index in [-0.39, 0.29) is 23.8 Å². The Morgan fingerprint density at radius 3 is 2.51 bits per heavy atom. The molecule has 2 N–H and O–H groups in total. The predicted molar refractivity (Wildman–Crippen MR) is 188 cm³/mol. The molecular weight excluding hydrogens is 642 g/mol. The molecular formula is C36H42ClN9O3. The van der Waals surface area contributed by atoms with Gasteiger partial charge < -0.3 is 20.1 Å². The standard InChI is InChI=1S/C36H42ClN9O3/c1-21-14-26-25(18-40-46(26)29-8-6-7-13-48-29)31(32(21)37)30-22(2)45(24-15-36(16-24)19-43(20-36)34(47)49-35(3,4)5)42-33(30)23-9-10-28(39-17-23)44-12-11-27(38)41-44/h9-12,14,17-18,24,29H,6-8,13,15-16,19-20H2,1-5H3,(H2,38,41). The fourth-order valence-corrected chi connectivity index (χ4v) is 8.03. The molecule has 6 heterocycles. The van der Waals surface area contributed by atoms with Crippen molar-refractivity contribution in [3.8, 4) is 28.2 Å². The summed E-state index contributed by atoms with van der Waals surface area (Å²) in [6.07, 6.45) is 10.1. The van der Waals surface area contributed by atoms with Crippen molar-refractivity contribution in [3.63, 3.8) is 0 Å². The summed E-state index contributed by atoms with van der Waals surface area (Å²) in [6, 6.07) is 7.97. The number of nitrogen functional groups attached to an aromatic ring is 1. The van der Waals surface area contributed by atoms with E-state index in [1.165, 1.54) is 0 Å². The van der Waals surface area contributed by atoms with Crippen LogP contribution in [0.3, 0.4) is 0 Å². The molecule has 2 aliphatic heterocycles. The number of hydrogen-bond donors (Lipinski definition) is 1. The summed E-state index contributed by atoms with van der Waals surface area (Å²) in [4.78, 5) is 19.2. The SMILES string of the molecule is Cc1cc2c(cnn2C2CCCCO2)c(-c2c(-c3ccc(-n4ccc(N)n4)nc3)nn(C3CC4(C3)CN(C(=O)OC(C)(C)C)C4)c2C)c1Cl. The highest BCUT2D eigenvalue weighted by atomic mass is 35.5. The topological polar surface area (TPSA) is 131 Å². The summed E-state index contributed by atoms with van der Waals surface area (Å²) in [5.41, 5.74) is 12.0. The highest BCUT2D eigenvalue weighted by Crippen LogP contribution is 2.55. The number of pyridine rings is 1. The average molecular weight is 684 g/mol. The second-order valence-corrected chi connectivity index (χ2v) is 15.3. The van der Waals surface area contributed by atoms with Gasteiger partial charge in [-0.3, -0.25) is 4.68 Å². The molecule has 1 aliphatic carbocycles. The lowest BCUT2D eigenvalue weighted by molar-refractivity contribution is -0.0930. The van der Waals surface area contributed by atoms with Gasteiger partial charge in [-0.2, -0.15) is 10.2 Å². The zero-order valence-electron chi connectivity index (χ0n) is 28.6. The summed E-state index contributed by atoms with van der Waals surface area (Å²) in [6.45, 7) is 12.0. The monoisotopic (exact) mass is 683 g/mol. The number of amides is 1. The van der Waals surface area contributed by atoms with Gasteiger partial charge >= 0.3 is 6.09 Å². The molecule has 8 rings (SSSR count). The van der Waals surface area contributed by atoms with Crippen LogP contribution in [0.2, 0.25) is 5.02 Å². The first-order valence-corrected chi connectivity index (χ1v) is 17.4. The largest absolute Gasteiger partial charge is 0.444 e. The molecule has 0 radical (unpaired) electrons. The Morgan fingerprint density at radius 2 is 1.86 bits per heavy atom. The quantitative estimate of drug-likeness (QED) is 0.205. The minimum absolute atomic E-state index is 0.0878. The minimum atomic E-state index is -0.512. The number of hydrogen-bond acceptors (Lipinski definition) is 8. The Bertz CT molecular complexity index is 2050. The molecule has 2 saturated heterocycles. The molecule has 1 saturated carbocycles. The molecule has 3 aliphatic rings. The van der Waals surface area contributed by atoms with Gasteiger partial charge in [0.1, 0.15) is 17.1 Å². The number of carbonyl (C=O) groups excluding carboxylic acids is 1. The maximum atomic E-state index is 12.7. The van der Waals surface area contributed by atoms with Gasteiger partial charge in [-0.1, -0.05) is 11.6 Å². The second-order valence-electron chi connectivity index (χ2n) is 15.0. The van der Waals surface area contributed by atoms with Crippen molar-refractivity contribution in [2.24, 2.45) is 5.41 Å². The highest BCUT2D eigenvalue weighted by molar-refractivity contribution is 6.36. The molecule has 1 amide bonds. The van der Waals surface area contributed by atoms with E-state index >= 15 is 0 Å². The fraction of sp³-hybridized carbons (Fsp3) is 0.472. The summed E-state index contributed by atoms with van der Waals surface area (Å²) in [5, 5.41) is 16.1. The van der Waals surface area contributed by atoms with E-state index in [1.54, 1.807) is 16.9 Å². The van der Waals surface area contributed by atoms with Crippen LogP contribution in [0.15, 0.2) is 42.9 Å². The lowest BCUT2D eigenvalue weighted by Gasteiger charge is -2.58. The fourth-order valence-electron chi connectivity index (χ4n) is 7.78. The Labute approximate surface area is 290 Å². The van der Waals surface area contributed by atoms with Crippen LogP contribution in [-0.4, -0.2) is 70.6 Å². The first-order chi connectivity index (χ1) is 23.4. The molecule has 4 aromatic heterocycles. The number of rotatable bonds is 5. The van der Waals surface area contributed by atoms with Crippen LogP contribution in [-0.2, 0) is 9.47 Å². The van der Waals surface area contributed by atoms with E-state index in [0.717, 1.165) is 83.3 Å². The molecule has 0 bridgehead atoms. The summed E-state index contributed by atoms with van der Waals surface area (Å²) in [5.74, 6) is 1.09. The van der Waals surface area contributed by atoms with Gasteiger partial charge in [-0.15, -0.1) is 5.10 Å². The number of anilines is 1. The number of likely N-dealkylation sites (tertiary alicyclic amines) is 1. The van der Waals surface area contributed by atoms with Crippen LogP contribution >= 0.6 is 11.6 Å². The van der Waals surface area contributed by atoms with Gasteiger partial charge in [0.05, 0.1) is 22.8 Å². The number of aryl methyl sites for hydroxylation is 1. The maximum Gasteiger partial charge on any atom is 0.410 e. The van der Waals surface area contributed by atoms with Gasteiger partial charge in [0.15, 0.2) is 12.0 Å². The van der Waals surface area contributed by atoms with Crippen LogP contribution < -0.4 is 5.73 Å². The molecule has 5 aromatic rings. The van der Waals surface area contributed by atoms with E-state index in [9.17, 15) is 4.79 Å². The lowest BCUT2D eigenvalue weighted by atomic mass is 9.61. The highest BCUT2D eigenvalue weighted by Gasteiger charge is 2.55. The number of ether oxygens (including phenoxy) is 2. The van der Waals surface area contributed by atoms with Crippen LogP contribution in [0.1, 0.15) is 76.4 Å². The zero-order valence-corrected chi connectivity index (χ0v) is 29.4. The molecule has 1 aromatic carbocycles. The lowest BCUT2D eigenvalue weighted by Crippen LogP contribution is -2.64. The molecule has 1 unspecified atom stereocenters. The van der Waals surface area contributed by atoms with Crippen molar-refractivity contribution in [2.75, 3.05) is 25.4 Å². The third kappa shape index (κ3) is 5.54. The Morgan fingerprint density at radius 1 is 1.06 bits per heavy atom. The number of aromatic nitrogens is 7.